The minimum Gasteiger partial charge on any atom is -0.306 e. The molecule has 3 nitrogen and oxygen atoms in total. The van der Waals surface area contributed by atoms with Gasteiger partial charge in [-0.2, -0.15) is 26.3 Å². The van der Waals surface area contributed by atoms with Gasteiger partial charge >= 0.3 is 18.0 Å². The average molecular weight is 346 g/mol. The van der Waals surface area contributed by atoms with Gasteiger partial charge in [-0.1, -0.05) is 12.1 Å². The third-order valence-electron chi connectivity index (χ3n) is 3.48. The molecular formula is C15H8F6N2O. The summed E-state index contributed by atoms with van der Waals surface area (Å²) in [7, 11) is 0. The van der Waals surface area contributed by atoms with Gasteiger partial charge in [0, 0.05) is 5.56 Å². The van der Waals surface area contributed by atoms with E-state index in [0.29, 0.717) is 0 Å². The molecule has 0 amide bonds. The molecule has 0 saturated carbocycles. The Morgan fingerprint density at radius 3 is 1.88 bits per heavy atom. The highest BCUT2D eigenvalue weighted by Crippen LogP contribution is 2.37. The molecule has 3 aromatic rings. The van der Waals surface area contributed by atoms with Crippen molar-refractivity contribution in [2.24, 2.45) is 0 Å². The highest BCUT2D eigenvalue weighted by Gasteiger charge is 2.32. The lowest BCUT2D eigenvalue weighted by molar-refractivity contribution is -0.138. The highest BCUT2D eigenvalue weighted by atomic mass is 19.4. The van der Waals surface area contributed by atoms with Crippen LogP contribution in [0.15, 0.2) is 41.2 Å². The minimum absolute atomic E-state index is 0.0214. The molecule has 0 saturated heterocycles. The lowest BCUT2D eigenvalue weighted by Crippen LogP contribution is -2.05. The first-order valence-corrected chi connectivity index (χ1v) is 6.56. The van der Waals surface area contributed by atoms with Gasteiger partial charge in [0.1, 0.15) is 0 Å². The molecule has 1 aromatic heterocycles. The zero-order valence-corrected chi connectivity index (χ0v) is 11.6. The summed E-state index contributed by atoms with van der Waals surface area (Å²) in [6.07, 6.45) is -9.22. The van der Waals surface area contributed by atoms with Crippen LogP contribution in [0.3, 0.4) is 0 Å². The number of imidazole rings is 1. The summed E-state index contributed by atoms with van der Waals surface area (Å²) in [6.45, 7) is 0. The molecule has 0 unspecified atom stereocenters. The molecule has 2 N–H and O–H groups in total. The summed E-state index contributed by atoms with van der Waals surface area (Å²) in [4.78, 5) is 16.0. The summed E-state index contributed by atoms with van der Waals surface area (Å²) in [6, 6.07) is 5.21. The van der Waals surface area contributed by atoms with Gasteiger partial charge in [0.25, 0.3) is 0 Å². The van der Waals surface area contributed by atoms with Crippen LogP contribution in [0.2, 0.25) is 0 Å². The van der Waals surface area contributed by atoms with Gasteiger partial charge in [-0.05, 0) is 29.8 Å². The van der Waals surface area contributed by atoms with E-state index in [4.69, 9.17) is 0 Å². The van der Waals surface area contributed by atoms with Crippen LogP contribution in [0.4, 0.5) is 26.3 Å². The van der Waals surface area contributed by atoms with Crippen LogP contribution in [0.25, 0.3) is 22.2 Å². The predicted molar refractivity (Wildman–Crippen MR) is 74.4 cm³/mol. The summed E-state index contributed by atoms with van der Waals surface area (Å²) in [5.41, 5.74) is -2.53. The van der Waals surface area contributed by atoms with Gasteiger partial charge in [0.15, 0.2) is 0 Å². The smallest absolute Gasteiger partial charge is 0.306 e. The Balaban J connectivity index is 2.22. The van der Waals surface area contributed by atoms with E-state index in [1.165, 1.54) is 0 Å². The van der Waals surface area contributed by atoms with Gasteiger partial charge in [-0.15, -0.1) is 0 Å². The Bertz CT molecular complexity index is 947. The second kappa shape index (κ2) is 5.15. The van der Waals surface area contributed by atoms with Gasteiger partial charge in [0.05, 0.1) is 22.2 Å². The Hall–Kier alpha value is -2.71. The van der Waals surface area contributed by atoms with Crippen molar-refractivity contribution in [3.8, 4) is 11.1 Å². The normalized spacial score (nSPS) is 12.8. The summed E-state index contributed by atoms with van der Waals surface area (Å²) >= 11 is 0. The molecule has 0 aliphatic rings. The van der Waals surface area contributed by atoms with Gasteiger partial charge in [-0.25, -0.2) is 4.79 Å². The van der Waals surface area contributed by atoms with Crippen molar-refractivity contribution in [1.82, 2.24) is 9.97 Å². The number of aromatic amines is 2. The Labute approximate surface area is 129 Å². The number of halogens is 6. The van der Waals surface area contributed by atoms with Crippen molar-refractivity contribution in [2.45, 2.75) is 12.4 Å². The summed E-state index contributed by atoms with van der Waals surface area (Å²) < 4.78 is 76.8. The Morgan fingerprint density at radius 1 is 0.750 bits per heavy atom. The number of aromatic nitrogens is 2. The monoisotopic (exact) mass is 346 g/mol. The molecule has 0 bridgehead atoms. The topological polar surface area (TPSA) is 48.6 Å². The molecule has 1 heterocycles. The molecule has 0 aliphatic heterocycles. The van der Waals surface area contributed by atoms with Gasteiger partial charge < -0.3 is 9.97 Å². The largest absolute Gasteiger partial charge is 0.416 e. The van der Waals surface area contributed by atoms with Crippen molar-refractivity contribution in [2.75, 3.05) is 0 Å². The molecule has 9 heteroatoms. The number of benzene rings is 2. The average Bonchev–Trinajstić information content (AvgIpc) is 2.84. The molecule has 24 heavy (non-hydrogen) atoms. The van der Waals surface area contributed by atoms with Crippen LogP contribution in [-0.4, -0.2) is 9.97 Å². The van der Waals surface area contributed by atoms with E-state index in [-0.39, 0.29) is 22.2 Å². The van der Waals surface area contributed by atoms with Crippen LogP contribution in [0.5, 0.6) is 0 Å². The molecular weight excluding hydrogens is 338 g/mol. The van der Waals surface area contributed by atoms with Crippen LogP contribution >= 0.6 is 0 Å². The number of alkyl halides is 6. The molecule has 2 aromatic carbocycles. The quantitative estimate of drug-likeness (QED) is 0.624. The fourth-order valence-electron chi connectivity index (χ4n) is 2.37. The van der Waals surface area contributed by atoms with Crippen molar-refractivity contribution in [3.63, 3.8) is 0 Å². The standard InChI is InChI=1S/C15H8F6N2O/c16-14(17,18)8-3-1-7(2-4-8)10-5-9(15(19,20)21)6-11-12(10)23-13(24)22-11/h1-6H,(H2,22,23,24). The molecule has 0 radical (unpaired) electrons. The first-order valence-electron chi connectivity index (χ1n) is 6.56. The molecule has 0 aliphatic carbocycles. The number of fused-ring (bicyclic) bond motifs is 1. The van der Waals surface area contributed by atoms with Crippen molar-refractivity contribution < 1.29 is 26.3 Å². The van der Waals surface area contributed by atoms with Crippen molar-refractivity contribution >= 4 is 11.0 Å². The zero-order chi connectivity index (χ0) is 17.7. The SMILES string of the molecule is O=c1[nH]c2cc(C(F)(F)F)cc(-c3ccc(C(F)(F)F)cc3)c2[nH]1. The van der Waals surface area contributed by atoms with Crippen LogP contribution in [0, 0.1) is 0 Å². The maximum atomic E-state index is 13.0. The number of nitrogens with one attached hydrogen (secondary N) is 2. The fourth-order valence-corrected chi connectivity index (χ4v) is 2.37. The number of rotatable bonds is 1. The van der Waals surface area contributed by atoms with Crippen LogP contribution < -0.4 is 5.69 Å². The van der Waals surface area contributed by atoms with E-state index in [2.05, 4.69) is 9.97 Å². The maximum Gasteiger partial charge on any atom is 0.416 e. The summed E-state index contributed by atoms with van der Waals surface area (Å²) in [5.74, 6) is 0. The van der Waals surface area contributed by atoms with E-state index in [1.54, 1.807) is 0 Å². The zero-order valence-electron chi connectivity index (χ0n) is 11.6. The lowest BCUT2D eigenvalue weighted by Gasteiger charge is -2.11. The molecule has 126 valence electrons. The first-order chi connectivity index (χ1) is 11.1. The first kappa shape index (κ1) is 16.2. The minimum atomic E-state index is -4.66. The fraction of sp³-hybridized carbons (Fsp3) is 0.133. The van der Waals surface area contributed by atoms with Crippen LogP contribution in [-0.2, 0) is 12.4 Å². The van der Waals surface area contributed by atoms with E-state index < -0.39 is 29.2 Å². The molecule has 3 rings (SSSR count). The van der Waals surface area contributed by atoms with E-state index in [9.17, 15) is 31.1 Å². The Kier molecular flexibility index (Phi) is 3.47. The van der Waals surface area contributed by atoms with Gasteiger partial charge in [-0.3, -0.25) is 0 Å². The third-order valence-corrected chi connectivity index (χ3v) is 3.48. The molecule has 0 fully saturated rings. The second-order valence-corrected chi connectivity index (χ2v) is 5.10. The van der Waals surface area contributed by atoms with E-state index in [0.717, 1.165) is 36.4 Å². The van der Waals surface area contributed by atoms with Crippen LogP contribution in [0.1, 0.15) is 11.1 Å². The predicted octanol–water partition coefficient (Wildman–Crippen LogP) is 4.56. The third kappa shape index (κ3) is 2.89. The Morgan fingerprint density at radius 2 is 1.33 bits per heavy atom. The summed E-state index contributed by atoms with van der Waals surface area (Å²) in [5, 5.41) is 0. The van der Waals surface area contributed by atoms with E-state index >= 15 is 0 Å². The molecule has 0 atom stereocenters. The number of hydrogen-bond acceptors (Lipinski definition) is 1. The van der Waals surface area contributed by atoms with Crippen molar-refractivity contribution in [3.05, 3.63) is 58.0 Å². The van der Waals surface area contributed by atoms with Crippen molar-refractivity contribution in [1.29, 1.82) is 0 Å². The van der Waals surface area contributed by atoms with Gasteiger partial charge in [0.2, 0.25) is 0 Å². The second-order valence-electron chi connectivity index (χ2n) is 5.10. The lowest BCUT2D eigenvalue weighted by atomic mass is 9.99. The molecule has 0 spiro atoms. The number of H-pyrrole nitrogens is 2. The highest BCUT2D eigenvalue weighted by molar-refractivity contribution is 5.92. The number of hydrogen-bond donors (Lipinski definition) is 2. The maximum absolute atomic E-state index is 13.0. The van der Waals surface area contributed by atoms with E-state index in [1.807, 2.05) is 0 Å².